The number of aromatic nitrogens is 6. The summed E-state index contributed by atoms with van der Waals surface area (Å²) in [5.41, 5.74) is 2.12. The Bertz CT molecular complexity index is 1110. The summed E-state index contributed by atoms with van der Waals surface area (Å²) in [6.45, 7) is 6.73. The van der Waals surface area contributed by atoms with Gasteiger partial charge >= 0.3 is 0 Å². The molecule has 0 unspecified atom stereocenters. The Morgan fingerprint density at radius 1 is 1.16 bits per heavy atom. The molecule has 0 spiro atoms. The molecule has 0 aliphatic carbocycles. The Balaban J connectivity index is 1.34. The van der Waals surface area contributed by atoms with Crippen LogP contribution in [-0.4, -0.2) is 54.3 Å². The summed E-state index contributed by atoms with van der Waals surface area (Å²) < 4.78 is 4.05. The van der Waals surface area contributed by atoms with E-state index in [-0.39, 0.29) is 5.56 Å². The van der Waals surface area contributed by atoms with E-state index in [0.717, 1.165) is 55.5 Å². The summed E-state index contributed by atoms with van der Waals surface area (Å²) in [7, 11) is 2.02. The minimum Gasteiger partial charge on any atom is -0.354 e. The molecule has 1 saturated heterocycles. The van der Waals surface area contributed by atoms with Gasteiger partial charge in [-0.15, -0.1) is 10.2 Å². The zero-order valence-electron chi connectivity index (χ0n) is 18.1. The number of pyridine rings is 1. The number of rotatable bonds is 6. The lowest BCUT2D eigenvalue weighted by atomic mass is 9.83. The molecule has 9 nitrogen and oxygen atoms in total. The Kier molecular flexibility index (Phi) is 5.27. The molecule has 2 aliphatic heterocycles. The average Bonchev–Trinajstić information content (AvgIpc) is 3.23. The van der Waals surface area contributed by atoms with E-state index in [0.29, 0.717) is 24.9 Å². The summed E-state index contributed by atoms with van der Waals surface area (Å²) in [6, 6.07) is 4.16. The maximum atomic E-state index is 13.3. The Hall–Kier alpha value is -3.07. The lowest BCUT2D eigenvalue weighted by Crippen LogP contribution is -2.48. The zero-order chi connectivity index (χ0) is 21.4. The van der Waals surface area contributed by atoms with Crippen LogP contribution in [0.3, 0.4) is 0 Å². The van der Waals surface area contributed by atoms with Gasteiger partial charge in [0.1, 0.15) is 18.0 Å². The Labute approximate surface area is 181 Å². The highest BCUT2D eigenvalue weighted by molar-refractivity contribution is 5.38. The fourth-order valence-electron chi connectivity index (χ4n) is 5.01. The first-order valence-corrected chi connectivity index (χ1v) is 10.9. The second kappa shape index (κ2) is 8.22. The Morgan fingerprint density at radius 2 is 2.06 bits per heavy atom. The van der Waals surface area contributed by atoms with E-state index in [1.165, 1.54) is 0 Å². The topological polar surface area (TPSA) is 85.0 Å². The van der Waals surface area contributed by atoms with E-state index in [9.17, 15) is 4.79 Å². The summed E-state index contributed by atoms with van der Waals surface area (Å²) in [4.78, 5) is 26.4. The lowest BCUT2D eigenvalue weighted by Gasteiger charge is -2.43. The summed E-state index contributed by atoms with van der Waals surface area (Å²) in [5.74, 6) is 2.63. The molecular formula is C22H28N8O. The molecule has 5 heterocycles. The van der Waals surface area contributed by atoms with Crippen LogP contribution in [0.25, 0.3) is 0 Å². The molecule has 0 saturated carbocycles. The number of hydrogen-bond acceptors (Lipinski definition) is 7. The molecule has 3 aromatic heterocycles. The van der Waals surface area contributed by atoms with Gasteiger partial charge in [-0.2, -0.15) is 0 Å². The second-order valence-corrected chi connectivity index (χ2v) is 8.67. The predicted molar refractivity (Wildman–Crippen MR) is 117 cm³/mol. The van der Waals surface area contributed by atoms with Crippen LogP contribution in [0.5, 0.6) is 0 Å². The van der Waals surface area contributed by atoms with Gasteiger partial charge in [-0.3, -0.25) is 14.7 Å². The largest absolute Gasteiger partial charge is 0.354 e. The van der Waals surface area contributed by atoms with Crippen molar-refractivity contribution in [2.24, 2.45) is 5.92 Å². The van der Waals surface area contributed by atoms with E-state index in [1.54, 1.807) is 18.7 Å². The fourth-order valence-corrected chi connectivity index (χ4v) is 5.01. The molecule has 0 radical (unpaired) electrons. The van der Waals surface area contributed by atoms with Crippen molar-refractivity contribution >= 4 is 5.82 Å². The first kappa shape index (κ1) is 19.9. The molecule has 5 rings (SSSR count). The smallest absolute Gasteiger partial charge is 0.255 e. The van der Waals surface area contributed by atoms with Gasteiger partial charge in [0, 0.05) is 62.3 Å². The van der Waals surface area contributed by atoms with Crippen LogP contribution in [0.15, 0.2) is 41.8 Å². The quantitative estimate of drug-likeness (QED) is 0.597. The highest BCUT2D eigenvalue weighted by Crippen LogP contribution is 2.36. The van der Waals surface area contributed by atoms with Crippen molar-refractivity contribution in [2.75, 3.05) is 25.0 Å². The summed E-state index contributed by atoms with van der Waals surface area (Å²) in [6.07, 6.45) is 8.15. The van der Waals surface area contributed by atoms with Crippen molar-refractivity contribution in [1.82, 2.24) is 34.2 Å². The molecule has 1 fully saturated rings. The molecule has 2 aliphatic rings. The summed E-state index contributed by atoms with van der Waals surface area (Å²) in [5, 5.41) is 8.20. The van der Waals surface area contributed by atoms with Crippen LogP contribution >= 0.6 is 0 Å². The highest BCUT2D eigenvalue weighted by atomic mass is 16.1. The number of fused-ring (bicyclic) bond motifs is 4. The minimum atomic E-state index is 0.143. The standard InChI is InChI=1S/C22H28N8O/c1-3-28-15-25-26-21(28)14-27(2)12-17-4-5-19-18-8-16(11-30(19)22(17)31)10-29(13-18)20-9-23-6-7-24-20/h4-7,9,15-16,18H,3,8,10-14H2,1-2H3/t16-,18+/m0/s1. The number of aryl methyl sites for hydroxylation is 1. The van der Waals surface area contributed by atoms with Crippen LogP contribution in [0.1, 0.15) is 36.3 Å². The van der Waals surface area contributed by atoms with Crippen molar-refractivity contribution in [3.8, 4) is 0 Å². The van der Waals surface area contributed by atoms with Crippen LogP contribution in [0.2, 0.25) is 0 Å². The van der Waals surface area contributed by atoms with E-state index >= 15 is 0 Å². The van der Waals surface area contributed by atoms with Crippen LogP contribution < -0.4 is 10.5 Å². The van der Waals surface area contributed by atoms with Gasteiger partial charge in [0.15, 0.2) is 0 Å². The maximum Gasteiger partial charge on any atom is 0.255 e. The van der Waals surface area contributed by atoms with Crippen LogP contribution in [0, 0.1) is 5.92 Å². The molecule has 31 heavy (non-hydrogen) atoms. The zero-order valence-corrected chi connectivity index (χ0v) is 18.1. The first-order chi connectivity index (χ1) is 15.1. The van der Waals surface area contributed by atoms with Gasteiger partial charge < -0.3 is 14.0 Å². The number of nitrogens with zero attached hydrogens (tertiary/aromatic N) is 8. The lowest BCUT2D eigenvalue weighted by molar-refractivity contribution is 0.274. The third-order valence-electron chi connectivity index (χ3n) is 6.44. The monoisotopic (exact) mass is 420 g/mol. The normalized spacial score (nSPS) is 20.2. The third-order valence-corrected chi connectivity index (χ3v) is 6.44. The maximum absolute atomic E-state index is 13.3. The van der Waals surface area contributed by atoms with Crippen molar-refractivity contribution in [3.63, 3.8) is 0 Å². The number of hydrogen-bond donors (Lipinski definition) is 0. The van der Waals surface area contributed by atoms with Gasteiger partial charge in [-0.05, 0) is 32.4 Å². The van der Waals surface area contributed by atoms with Gasteiger partial charge in [-0.25, -0.2) is 4.98 Å². The van der Waals surface area contributed by atoms with Gasteiger partial charge in [0.2, 0.25) is 0 Å². The van der Waals surface area contributed by atoms with Gasteiger partial charge in [-0.1, -0.05) is 6.07 Å². The number of anilines is 1. The van der Waals surface area contributed by atoms with Crippen LogP contribution in [0.4, 0.5) is 5.82 Å². The molecule has 2 bridgehead atoms. The van der Waals surface area contributed by atoms with Gasteiger partial charge in [0.05, 0.1) is 12.7 Å². The van der Waals surface area contributed by atoms with Crippen molar-refractivity contribution in [1.29, 1.82) is 0 Å². The SMILES string of the molecule is CCn1cnnc1CN(C)Cc1ccc2n(c1=O)C[C@H]1C[C@@H]2CN(c2cnccn2)C1. The average molecular weight is 421 g/mol. The molecule has 162 valence electrons. The van der Waals surface area contributed by atoms with E-state index in [2.05, 4.69) is 43.0 Å². The molecular weight excluding hydrogens is 392 g/mol. The van der Waals surface area contributed by atoms with Crippen molar-refractivity contribution in [3.05, 3.63) is 64.5 Å². The third kappa shape index (κ3) is 3.85. The predicted octanol–water partition coefficient (Wildman–Crippen LogP) is 1.51. The van der Waals surface area contributed by atoms with Gasteiger partial charge in [0.25, 0.3) is 5.56 Å². The first-order valence-electron chi connectivity index (χ1n) is 10.9. The van der Waals surface area contributed by atoms with Crippen molar-refractivity contribution < 1.29 is 0 Å². The molecule has 2 atom stereocenters. The highest BCUT2D eigenvalue weighted by Gasteiger charge is 2.35. The van der Waals surface area contributed by atoms with E-state index in [4.69, 9.17) is 0 Å². The Morgan fingerprint density at radius 3 is 2.87 bits per heavy atom. The number of piperidine rings is 1. The summed E-state index contributed by atoms with van der Waals surface area (Å²) >= 11 is 0. The molecule has 0 aromatic carbocycles. The van der Waals surface area contributed by atoms with Crippen LogP contribution in [-0.2, 0) is 26.2 Å². The van der Waals surface area contributed by atoms with Crippen molar-refractivity contribution in [2.45, 2.75) is 45.4 Å². The molecule has 9 heteroatoms. The molecule has 0 N–H and O–H groups in total. The van der Waals surface area contributed by atoms with E-state index in [1.807, 2.05) is 28.4 Å². The van der Waals surface area contributed by atoms with E-state index < -0.39 is 0 Å². The second-order valence-electron chi connectivity index (χ2n) is 8.67. The fraction of sp³-hybridized carbons (Fsp3) is 0.500. The minimum absolute atomic E-state index is 0.143. The molecule has 0 amide bonds. The molecule has 3 aromatic rings.